The van der Waals surface area contributed by atoms with E-state index < -0.39 is 10.0 Å². The normalized spacial score (nSPS) is 11.7. The molecule has 0 saturated carbocycles. The zero-order valence-electron chi connectivity index (χ0n) is 21.8. The summed E-state index contributed by atoms with van der Waals surface area (Å²) in [7, 11) is 0.141. The fourth-order valence-corrected chi connectivity index (χ4v) is 6.55. The SMILES string of the molecule is CCN(c1ccccc1)S(=O)(=O)c1ccc(C(=O)N(CCN(C)C)c2nc3cc(C)c(C)cc3s2)cc1. The Morgan fingerprint density at radius 1 is 0.919 bits per heavy atom. The third-order valence-electron chi connectivity index (χ3n) is 6.26. The molecule has 0 aliphatic rings. The number of carbonyl (C=O) groups excluding carboxylic acids is 1. The molecule has 4 aromatic rings. The second-order valence-corrected chi connectivity index (χ2v) is 12.1. The lowest BCUT2D eigenvalue weighted by atomic mass is 10.1. The maximum Gasteiger partial charge on any atom is 0.264 e. The van der Waals surface area contributed by atoms with Crippen molar-refractivity contribution in [1.29, 1.82) is 0 Å². The Bertz CT molecular complexity index is 1460. The number of benzene rings is 3. The van der Waals surface area contributed by atoms with Gasteiger partial charge in [0, 0.05) is 25.2 Å². The first-order valence-electron chi connectivity index (χ1n) is 12.1. The van der Waals surface area contributed by atoms with E-state index in [1.54, 1.807) is 36.1 Å². The molecule has 1 aromatic heterocycles. The van der Waals surface area contributed by atoms with E-state index in [9.17, 15) is 13.2 Å². The molecule has 0 saturated heterocycles. The lowest BCUT2D eigenvalue weighted by Gasteiger charge is -2.24. The van der Waals surface area contributed by atoms with Crippen LogP contribution in [0.5, 0.6) is 0 Å². The van der Waals surface area contributed by atoms with E-state index in [1.807, 2.05) is 43.3 Å². The van der Waals surface area contributed by atoms with Crippen LogP contribution in [0.1, 0.15) is 28.4 Å². The van der Waals surface area contributed by atoms with E-state index in [1.165, 1.54) is 33.3 Å². The highest BCUT2D eigenvalue weighted by molar-refractivity contribution is 7.92. The molecule has 194 valence electrons. The zero-order valence-corrected chi connectivity index (χ0v) is 23.4. The second-order valence-electron chi connectivity index (χ2n) is 9.19. The van der Waals surface area contributed by atoms with Crippen molar-refractivity contribution in [1.82, 2.24) is 9.88 Å². The summed E-state index contributed by atoms with van der Waals surface area (Å²) < 4.78 is 29.1. The van der Waals surface area contributed by atoms with Crippen molar-refractivity contribution in [3.8, 4) is 0 Å². The van der Waals surface area contributed by atoms with Gasteiger partial charge in [-0.25, -0.2) is 13.4 Å². The molecule has 0 fully saturated rings. The molecule has 4 rings (SSSR count). The smallest absolute Gasteiger partial charge is 0.264 e. The van der Waals surface area contributed by atoms with E-state index in [4.69, 9.17) is 4.98 Å². The van der Waals surface area contributed by atoms with Crippen molar-refractivity contribution < 1.29 is 13.2 Å². The van der Waals surface area contributed by atoms with Crippen molar-refractivity contribution >= 4 is 48.3 Å². The molecular weight excluding hydrogens is 504 g/mol. The Morgan fingerprint density at radius 3 is 2.19 bits per heavy atom. The van der Waals surface area contributed by atoms with Gasteiger partial charge in [-0.05, 0) is 94.5 Å². The molecule has 7 nitrogen and oxygen atoms in total. The number of hydrogen-bond donors (Lipinski definition) is 0. The number of thiazole rings is 1. The lowest BCUT2D eigenvalue weighted by Crippen LogP contribution is -2.36. The van der Waals surface area contributed by atoms with Gasteiger partial charge in [0.15, 0.2) is 5.13 Å². The van der Waals surface area contributed by atoms with Gasteiger partial charge in [0.2, 0.25) is 0 Å². The van der Waals surface area contributed by atoms with Gasteiger partial charge < -0.3 is 4.90 Å². The van der Waals surface area contributed by atoms with E-state index in [-0.39, 0.29) is 10.8 Å². The zero-order chi connectivity index (χ0) is 26.7. The van der Waals surface area contributed by atoms with Gasteiger partial charge in [0.05, 0.1) is 20.8 Å². The lowest BCUT2D eigenvalue weighted by molar-refractivity contribution is 0.0985. The summed E-state index contributed by atoms with van der Waals surface area (Å²) in [4.78, 5) is 22.3. The van der Waals surface area contributed by atoms with Crippen LogP contribution < -0.4 is 9.21 Å². The first kappa shape index (κ1) is 26.8. The van der Waals surface area contributed by atoms with E-state index in [0.29, 0.717) is 36.0 Å². The summed E-state index contributed by atoms with van der Waals surface area (Å²) in [5, 5.41) is 0.629. The standard InChI is InChI=1S/C28H32N4O3S2/c1-6-32(23-10-8-7-9-11-23)37(34,35)24-14-12-22(13-15-24)27(33)31(17-16-30(4)5)28-29-25-18-20(2)21(3)19-26(25)36-28/h7-15,18-19H,6,16-17H2,1-5H3. The Morgan fingerprint density at radius 2 is 1.57 bits per heavy atom. The number of likely N-dealkylation sites (N-methyl/N-ethyl adjacent to an activating group) is 1. The van der Waals surface area contributed by atoms with Crippen LogP contribution in [-0.2, 0) is 10.0 Å². The van der Waals surface area contributed by atoms with Gasteiger partial charge in [0.25, 0.3) is 15.9 Å². The minimum Gasteiger partial charge on any atom is -0.308 e. The van der Waals surface area contributed by atoms with Crippen LogP contribution in [0.25, 0.3) is 10.2 Å². The van der Waals surface area contributed by atoms with E-state index >= 15 is 0 Å². The average molecular weight is 537 g/mol. The highest BCUT2D eigenvalue weighted by atomic mass is 32.2. The van der Waals surface area contributed by atoms with Gasteiger partial charge in [-0.3, -0.25) is 14.0 Å². The molecule has 3 aromatic carbocycles. The number of hydrogen-bond acceptors (Lipinski definition) is 6. The number of rotatable bonds is 9. The summed E-state index contributed by atoms with van der Waals surface area (Å²) in [6.07, 6.45) is 0. The highest BCUT2D eigenvalue weighted by Crippen LogP contribution is 2.32. The second kappa shape index (κ2) is 11.0. The number of aryl methyl sites for hydroxylation is 2. The van der Waals surface area contributed by atoms with Crippen molar-refractivity contribution in [3.05, 3.63) is 83.4 Å². The summed E-state index contributed by atoms with van der Waals surface area (Å²) in [6.45, 7) is 7.33. The fourth-order valence-electron chi connectivity index (χ4n) is 4.01. The minimum absolute atomic E-state index is 0.139. The van der Waals surface area contributed by atoms with Crippen LogP contribution in [0.2, 0.25) is 0 Å². The number of para-hydroxylation sites is 1. The Balaban J connectivity index is 1.65. The number of aromatic nitrogens is 1. The summed E-state index contributed by atoms with van der Waals surface area (Å²) in [5.41, 5.74) is 4.22. The number of fused-ring (bicyclic) bond motifs is 1. The molecular formula is C28H32N4O3S2. The minimum atomic E-state index is -3.77. The Labute approximate surface area is 223 Å². The summed E-state index contributed by atoms with van der Waals surface area (Å²) in [5.74, 6) is -0.214. The maximum absolute atomic E-state index is 13.7. The van der Waals surface area contributed by atoms with Crippen LogP contribution in [0.3, 0.4) is 0 Å². The summed E-state index contributed by atoms with van der Waals surface area (Å²) in [6, 6.07) is 19.3. The molecule has 0 spiro atoms. The van der Waals surface area contributed by atoms with Crippen LogP contribution >= 0.6 is 11.3 Å². The molecule has 0 N–H and O–H groups in total. The number of carbonyl (C=O) groups is 1. The van der Waals surface area contributed by atoms with Crippen molar-refractivity contribution in [2.45, 2.75) is 25.7 Å². The fraction of sp³-hybridized carbons (Fsp3) is 0.286. The largest absolute Gasteiger partial charge is 0.308 e. The van der Waals surface area contributed by atoms with Crippen molar-refractivity contribution in [3.63, 3.8) is 0 Å². The first-order valence-corrected chi connectivity index (χ1v) is 14.4. The molecule has 0 radical (unpaired) electrons. The van der Waals surface area contributed by atoms with Crippen LogP contribution in [0.4, 0.5) is 10.8 Å². The van der Waals surface area contributed by atoms with Gasteiger partial charge in [-0.2, -0.15) is 0 Å². The molecule has 37 heavy (non-hydrogen) atoms. The van der Waals surface area contributed by atoms with Gasteiger partial charge in [-0.1, -0.05) is 29.5 Å². The van der Waals surface area contributed by atoms with Crippen LogP contribution in [0.15, 0.2) is 71.6 Å². The maximum atomic E-state index is 13.7. The van der Waals surface area contributed by atoms with Crippen LogP contribution in [0, 0.1) is 13.8 Å². The summed E-state index contributed by atoms with van der Waals surface area (Å²) >= 11 is 1.49. The Hall–Kier alpha value is -3.27. The predicted molar refractivity (Wildman–Crippen MR) is 152 cm³/mol. The molecule has 0 unspecified atom stereocenters. The van der Waals surface area contributed by atoms with Crippen molar-refractivity contribution in [2.75, 3.05) is 42.9 Å². The van der Waals surface area contributed by atoms with Crippen LogP contribution in [-0.4, -0.2) is 57.9 Å². The van der Waals surface area contributed by atoms with Gasteiger partial charge in [0.1, 0.15) is 0 Å². The highest BCUT2D eigenvalue weighted by Gasteiger charge is 2.26. The monoisotopic (exact) mass is 536 g/mol. The molecule has 0 aliphatic carbocycles. The quantitative estimate of drug-likeness (QED) is 0.289. The van der Waals surface area contributed by atoms with Gasteiger partial charge in [-0.15, -0.1) is 0 Å². The number of nitrogens with zero attached hydrogens (tertiary/aromatic N) is 4. The number of anilines is 2. The van der Waals surface area contributed by atoms with Crippen molar-refractivity contribution in [2.24, 2.45) is 0 Å². The average Bonchev–Trinajstić information content (AvgIpc) is 3.27. The number of sulfonamides is 1. The number of amides is 1. The van der Waals surface area contributed by atoms with E-state index in [2.05, 4.69) is 19.9 Å². The third kappa shape index (κ3) is 5.69. The molecule has 9 heteroatoms. The van der Waals surface area contributed by atoms with Gasteiger partial charge >= 0.3 is 0 Å². The van der Waals surface area contributed by atoms with E-state index in [0.717, 1.165) is 15.8 Å². The molecule has 0 atom stereocenters. The Kier molecular flexibility index (Phi) is 7.96. The molecule has 1 amide bonds. The third-order valence-corrected chi connectivity index (χ3v) is 9.22. The molecule has 0 aliphatic heterocycles. The first-order chi connectivity index (χ1) is 17.6. The predicted octanol–water partition coefficient (Wildman–Crippen LogP) is 5.34. The molecule has 0 bridgehead atoms. The topological polar surface area (TPSA) is 73.8 Å². The molecule has 1 heterocycles.